The summed E-state index contributed by atoms with van der Waals surface area (Å²) in [7, 11) is 0. The number of para-hydroxylation sites is 1. The summed E-state index contributed by atoms with van der Waals surface area (Å²) < 4.78 is 6.00. The number of benzene rings is 1. The van der Waals surface area contributed by atoms with Crippen LogP contribution in [0.25, 0.3) is 0 Å². The van der Waals surface area contributed by atoms with Gasteiger partial charge in [0.2, 0.25) is 0 Å². The van der Waals surface area contributed by atoms with E-state index in [1.165, 1.54) is 31.2 Å². The average Bonchev–Trinajstić information content (AvgIpc) is 2.97. The van der Waals surface area contributed by atoms with E-state index in [0.717, 1.165) is 23.3 Å². The van der Waals surface area contributed by atoms with Crippen molar-refractivity contribution in [2.45, 2.75) is 63.9 Å². The number of rotatable bonds is 8. The van der Waals surface area contributed by atoms with E-state index in [-0.39, 0.29) is 6.10 Å². The molecular formula is C18H29NOS. The first-order valence-electron chi connectivity index (χ1n) is 8.31. The molecule has 3 heteroatoms. The lowest BCUT2D eigenvalue weighted by Gasteiger charge is -2.23. The van der Waals surface area contributed by atoms with Gasteiger partial charge in [-0.2, -0.15) is 11.8 Å². The second kappa shape index (κ2) is 8.70. The van der Waals surface area contributed by atoms with Gasteiger partial charge < -0.3 is 10.1 Å². The van der Waals surface area contributed by atoms with Gasteiger partial charge in [-0.3, -0.25) is 0 Å². The van der Waals surface area contributed by atoms with Crippen LogP contribution in [-0.2, 0) is 0 Å². The van der Waals surface area contributed by atoms with Crippen molar-refractivity contribution in [3.63, 3.8) is 0 Å². The Bertz CT molecular complexity index is 415. The Morgan fingerprint density at radius 2 is 1.95 bits per heavy atom. The van der Waals surface area contributed by atoms with Gasteiger partial charge in [0.25, 0.3) is 0 Å². The molecule has 0 spiro atoms. The molecule has 0 heterocycles. The highest BCUT2D eigenvalue weighted by molar-refractivity contribution is 7.99. The maximum absolute atomic E-state index is 6.00. The fraction of sp³-hybridized carbons (Fsp3) is 0.667. The lowest BCUT2D eigenvalue weighted by molar-refractivity contribution is 0.238. The van der Waals surface area contributed by atoms with E-state index in [1.54, 1.807) is 0 Å². The van der Waals surface area contributed by atoms with Crippen molar-refractivity contribution in [3.05, 3.63) is 29.8 Å². The highest BCUT2D eigenvalue weighted by Crippen LogP contribution is 2.34. The molecule has 1 atom stereocenters. The lowest BCUT2D eigenvalue weighted by Crippen LogP contribution is -2.25. The van der Waals surface area contributed by atoms with Crippen molar-refractivity contribution in [2.24, 2.45) is 0 Å². The zero-order valence-electron chi connectivity index (χ0n) is 13.6. The van der Waals surface area contributed by atoms with Crippen LogP contribution in [0.4, 0.5) is 0 Å². The van der Waals surface area contributed by atoms with Crippen LogP contribution in [0.3, 0.4) is 0 Å². The van der Waals surface area contributed by atoms with Gasteiger partial charge in [0.05, 0.1) is 6.10 Å². The van der Waals surface area contributed by atoms with Crippen molar-refractivity contribution < 1.29 is 4.74 Å². The Hall–Kier alpha value is -0.670. The molecular weight excluding hydrogens is 278 g/mol. The van der Waals surface area contributed by atoms with E-state index < -0.39 is 0 Å². The SMILES string of the molecule is CCNC(CSC1CCCC1)c1ccccc1OC(C)C. The smallest absolute Gasteiger partial charge is 0.124 e. The average molecular weight is 308 g/mol. The van der Waals surface area contributed by atoms with Crippen molar-refractivity contribution in [2.75, 3.05) is 12.3 Å². The van der Waals surface area contributed by atoms with Crippen LogP contribution in [-0.4, -0.2) is 23.7 Å². The Kier molecular flexibility index (Phi) is 6.91. The second-order valence-corrected chi connectivity index (χ2v) is 7.39. The summed E-state index contributed by atoms with van der Waals surface area (Å²) in [5, 5.41) is 4.50. The molecule has 118 valence electrons. The van der Waals surface area contributed by atoms with Crippen LogP contribution in [0.15, 0.2) is 24.3 Å². The maximum Gasteiger partial charge on any atom is 0.124 e. The summed E-state index contributed by atoms with van der Waals surface area (Å²) in [6, 6.07) is 8.87. The molecule has 2 nitrogen and oxygen atoms in total. The quantitative estimate of drug-likeness (QED) is 0.745. The maximum atomic E-state index is 6.00. The largest absolute Gasteiger partial charge is 0.491 e. The van der Waals surface area contributed by atoms with Crippen molar-refractivity contribution in [1.82, 2.24) is 5.32 Å². The Morgan fingerprint density at radius 3 is 2.62 bits per heavy atom. The van der Waals surface area contributed by atoms with Crippen LogP contribution in [0.2, 0.25) is 0 Å². The number of hydrogen-bond acceptors (Lipinski definition) is 3. The molecule has 1 aromatic carbocycles. The minimum Gasteiger partial charge on any atom is -0.491 e. The van der Waals surface area contributed by atoms with Gasteiger partial charge in [0.15, 0.2) is 0 Å². The zero-order chi connectivity index (χ0) is 15.1. The standard InChI is InChI=1S/C18H29NOS/c1-4-19-17(13-21-15-9-5-6-10-15)16-11-7-8-12-18(16)20-14(2)3/h7-8,11-12,14-15,17,19H,4-6,9-10,13H2,1-3H3. The Morgan fingerprint density at radius 1 is 1.24 bits per heavy atom. The fourth-order valence-corrected chi connectivity index (χ4v) is 4.35. The predicted octanol–water partition coefficient (Wildman–Crippen LogP) is 4.80. The van der Waals surface area contributed by atoms with Gasteiger partial charge in [-0.1, -0.05) is 38.0 Å². The Balaban J connectivity index is 2.05. The number of nitrogens with one attached hydrogen (secondary N) is 1. The van der Waals surface area contributed by atoms with Crippen molar-refractivity contribution >= 4 is 11.8 Å². The summed E-state index contributed by atoms with van der Waals surface area (Å²) in [5.41, 5.74) is 1.30. The summed E-state index contributed by atoms with van der Waals surface area (Å²) in [4.78, 5) is 0. The molecule has 0 aliphatic heterocycles. The normalized spacial score (nSPS) is 17.3. The second-order valence-electron chi connectivity index (χ2n) is 6.05. The molecule has 0 amide bonds. The van der Waals surface area contributed by atoms with Crippen LogP contribution in [0.5, 0.6) is 5.75 Å². The topological polar surface area (TPSA) is 21.3 Å². The minimum absolute atomic E-state index is 0.218. The monoisotopic (exact) mass is 307 g/mol. The third-order valence-corrected chi connectivity index (χ3v) is 5.38. The highest BCUT2D eigenvalue weighted by Gasteiger charge is 2.20. The molecule has 0 radical (unpaired) electrons. The third-order valence-electron chi connectivity index (χ3n) is 3.91. The van der Waals surface area contributed by atoms with E-state index in [4.69, 9.17) is 4.74 Å². The van der Waals surface area contributed by atoms with E-state index in [1.807, 2.05) is 0 Å². The molecule has 1 unspecified atom stereocenters. The molecule has 1 aliphatic rings. The molecule has 1 N–H and O–H groups in total. The minimum atomic E-state index is 0.218. The van der Waals surface area contributed by atoms with Gasteiger partial charge in [-0.15, -0.1) is 0 Å². The van der Waals surface area contributed by atoms with Gasteiger partial charge in [-0.05, 0) is 39.3 Å². The zero-order valence-corrected chi connectivity index (χ0v) is 14.4. The number of thioether (sulfide) groups is 1. The van der Waals surface area contributed by atoms with Crippen LogP contribution in [0, 0.1) is 0 Å². The first-order valence-corrected chi connectivity index (χ1v) is 9.36. The summed E-state index contributed by atoms with van der Waals surface area (Å²) in [6.07, 6.45) is 5.84. The van der Waals surface area contributed by atoms with Crippen molar-refractivity contribution in [1.29, 1.82) is 0 Å². The molecule has 0 saturated heterocycles. The summed E-state index contributed by atoms with van der Waals surface area (Å²) >= 11 is 2.14. The highest BCUT2D eigenvalue weighted by atomic mass is 32.2. The Labute approximate surface area is 134 Å². The van der Waals surface area contributed by atoms with Gasteiger partial charge in [0, 0.05) is 22.6 Å². The summed E-state index contributed by atoms with van der Waals surface area (Å²) in [6.45, 7) is 7.35. The first kappa shape index (κ1) is 16.7. The van der Waals surface area contributed by atoms with E-state index in [2.05, 4.69) is 62.1 Å². The number of hydrogen-bond donors (Lipinski definition) is 1. The lowest BCUT2D eigenvalue weighted by atomic mass is 10.1. The summed E-state index contributed by atoms with van der Waals surface area (Å²) in [5.74, 6) is 2.17. The molecule has 1 aliphatic carbocycles. The first-order chi connectivity index (χ1) is 10.2. The van der Waals surface area contributed by atoms with Gasteiger partial charge in [0.1, 0.15) is 5.75 Å². The van der Waals surface area contributed by atoms with Crippen LogP contribution >= 0.6 is 11.8 Å². The van der Waals surface area contributed by atoms with Gasteiger partial charge >= 0.3 is 0 Å². The van der Waals surface area contributed by atoms with Crippen LogP contribution < -0.4 is 10.1 Å². The number of ether oxygens (including phenoxy) is 1. The molecule has 0 bridgehead atoms. The molecule has 1 saturated carbocycles. The molecule has 1 aromatic rings. The molecule has 21 heavy (non-hydrogen) atoms. The predicted molar refractivity (Wildman–Crippen MR) is 93.3 cm³/mol. The third kappa shape index (κ3) is 5.23. The molecule has 0 aromatic heterocycles. The van der Waals surface area contributed by atoms with Gasteiger partial charge in [-0.25, -0.2) is 0 Å². The van der Waals surface area contributed by atoms with Crippen LogP contribution in [0.1, 0.15) is 58.1 Å². The fourth-order valence-electron chi connectivity index (χ4n) is 2.92. The molecule has 2 rings (SSSR count). The molecule has 1 fully saturated rings. The van der Waals surface area contributed by atoms with Crippen molar-refractivity contribution in [3.8, 4) is 5.75 Å². The van der Waals surface area contributed by atoms with E-state index in [9.17, 15) is 0 Å². The van der Waals surface area contributed by atoms with E-state index in [0.29, 0.717) is 6.04 Å². The van der Waals surface area contributed by atoms with E-state index >= 15 is 0 Å².